The third-order valence-electron chi connectivity index (χ3n) is 2.13. The van der Waals surface area contributed by atoms with Crippen LogP contribution in [-0.4, -0.2) is 42.4 Å². The van der Waals surface area contributed by atoms with E-state index in [2.05, 4.69) is 4.74 Å². The first-order valence-electron chi connectivity index (χ1n) is 3.64. The quantitative estimate of drug-likeness (QED) is 0.527. The minimum Gasteiger partial charge on any atom is -0.468 e. The number of nitrogens with zero attached hydrogens (tertiary/aromatic N) is 1. The number of likely N-dealkylation sites (N-methyl/N-ethyl adjacent to an activating group) is 1. The van der Waals surface area contributed by atoms with Gasteiger partial charge >= 0.3 is 5.97 Å². The van der Waals surface area contributed by atoms with Crippen molar-refractivity contribution < 1.29 is 14.6 Å². The lowest BCUT2D eigenvalue weighted by atomic mass is 10.2. The largest absolute Gasteiger partial charge is 0.468 e. The summed E-state index contributed by atoms with van der Waals surface area (Å²) in [6.45, 7) is 0. The number of methoxy groups -OCH3 is 1. The van der Waals surface area contributed by atoms with Crippen LogP contribution in [0.5, 0.6) is 0 Å². The lowest BCUT2D eigenvalue weighted by Gasteiger charge is -2.19. The molecule has 1 aliphatic rings. The molecule has 1 rings (SSSR count). The predicted octanol–water partition coefficient (Wildman–Crippen LogP) is -0.428. The van der Waals surface area contributed by atoms with Gasteiger partial charge in [-0.25, -0.2) is 0 Å². The second-order valence-electron chi connectivity index (χ2n) is 2.76. The van der Waals surface area contributed by atoms with Crippen molar-refractivity contribution in [3.8, 4) is 0 Å². The van der Waals surface area contributed by atoms with E-state index < -0.39 is 6.23 Å². The van der Waals surface area contributed by atoms with Crippen LogP contribution in [0.1, 0.15) is 12.8 Å². The third kappa shape index (κ3) is 1.52. The molecule has 11 heavy (non-hydrogen) atoms. The van der Waals surface area contributed by atoms with E-state index in [1.165, 1.54) is 7.11 Å². The Hall–Kier alpha value is -0.610. The normalized spacial score (nSPS) is 32.3. The number of esters is 1. The van der Waals surface area contributed by atoms with Gasteiger partial charge in [0.1, 0.15) is 12.3 Å². The van der Waals surface area contributed by atoms with Gasteiger partial charge in [0.05, 0.1) is 7.11 Å². The Kier molecular flexibility index (Phi) is 2.46. The number of carbonyl (C=O) groups excluding carboxylic acids is 1. The molecule has 0 aromatic carbocycles. The molecule has 1 N–H and O–H groups in total. The zero-order valence-corrected chi connectivity index (χ0v) is 6.78. The van der Waals surface area contributed by atoms with Gasteiger partial charge < -0.3 is 9.84 Å². The van der Waals surface area contributed by atoms with Gasteiger partial charge in [0, 0.05) is 0 Å². The van der Waals surface area contributed by atoms with Gasteiger partial charge in [0.2, 0.25) is 0 Å². The van der Waals surface area contributed by atoms with Gasteiger partial charge in [0.15, 0.2) is 0 Å². The van der Waals surface area contributed by atoms with E-state index in [9.17, 15) is 9.90 Å². The Labute approximate surface area is 65.8 Å². The Morgan fingerprint density at radius 2 is 2.27 bits per heavy atom. The van der Waals surface area contributed by atoms with E-state index in [-0.39, 0.29) is 12.0 Å². The molecule has 1 aliphatic heterocycles. The van der Waals surface area contributed by atoms with Crippen LogP contribution < -0.4 is 0 Å². The minimum atomic E-state index is -0.487. The summed E-state index contributed by atoms with van der Waals surface area (Å²) in [5.74, 6) is -0.260. The topological polar surface area (TPSA) is 49.8 Å². The van der Waals surface area contributed by atoms with E-state index in [4.69, 9.17) is 0 Å². The summed E-state index contributed by atoms with van der Waals surface area (Å²) in [5, 5.41) is 9.23. The molecule has 0 aromatic heterocycles. The van der Waals surface area contributed by atoms with Gasteiger partial charge in [0.25, 0.3) is 0 Å². The maximum Gasteiger partial charge on any atom is 0.323 e. The molecule has 2 atom stereocenters. The van der Waals surface area contributed by atoms with Crippen molar-refractivity contribution in [2.45, 2.75) is 25.1 Å². The Bertz CT molecular complexity index is 160. The van der Waals surface area contributed by atoms with Gasteiger partial charge in [-0.05, 0) is 19.9 Å². The van der Waals surface area contributed by atoms with E-state index in [0.29, 0.717) is 12.8 Å². The number of ether oxygens (including phenoxy) is 1. The first-order chi connectivity index (χ1) is 5.16. The first kappa shape index (κ1) is 8.49. The monoisotopic (exact) mass is 159 g/mol. The average Bonchev–Trinajstić information content (AvgIpc) is 2.32. The number of hydrogen-bond acceptors (Lipinski definition) is 4. The molecule has 0 spiro atoms. The number of carbonyl (C=O) groups is 1. The maximum absolute atomic E-state index is 11.0. The van der Waals surface area contributed by atoms with Crippen LogP contribution in [0, 0.1) is 0 Å². The lowest BCUT2D eigenvalue weighted by Crippen LogP contribution is -2.38. The fourth-order valence-corrected chi connectivity index (χ4v) is 1.34. The van der Waals surface area contributed by atoms with Crippen LogP contribution in [0.3, 0.4) is 0 Å². The highest BCUT2D eigenvalue weighted by Gasteiger charge is 2.34. The molecular weight excluding hydrogens is 146 g/mol. The van der Waals surface area contributed by atoms with Crippen molar-refractivity contribution >= 4 is 5.97 Å². The van der Waals surface area contributed by atoms with Crippen molar-refractivity contribution in [3.63, 3.8) is 0 Å². The predicted molar refractivity (Wildman–Crippen MR) is 38.8 cm³/mol. The summed E-state index contributed by atoms with van der Waals surface area (Å²) in [4.78, 5) is 12.6. The zero-order chi connectivity index (χ0) is 8.43. The number of aliphatic hydroxyl groups excluding tert-OH is 1. The Morgan fingerprint density at radius 3 is 2.64 bits per heavy atom. The molecule has 0 saturated carbocycles. The van der Waals surface area contributed by atoms with Crippen molar-refractivity contribution in [1.82, 2.24) is 4.90 Å². The molecule has 0 bridgehead atoms. The van der Waals surface area contributed by atoms with Crippen LogP contribution in [0.15, 0.2) is 0 Å². The summed E-state index contributed by atoms with van der Waals surface area (Å²) in [6, 6.07) is -0.255. The number of likely N-dealkylation sites (tertiary alicyclic amines) is 1. The molecule has 0 amide bonds. The average molecular weight is 159 g/mol. The molecule has 64 valence electrons. The highest BCUT2D eigenvalue weighted by atomic mass is 16.5. The highest BCUT2D eigenvalue weighted by Crippen LogP contribution is 2.20. The molecule has 0 aliphatic carbocycles. The Morgan fingerprint density at radius 1 is 1.64 bits per heavy atom. The second kappa shape index (κ2) is 3.19. The highest BCUT2D eigenvalue weighted by molar-refractivity contribution is 5.75. The van der Waals surface area contributed by atoms with Crippen LogP contribution >= 0.6 is 0 Å². The van der Waals surface area contributed by atoms with Gasteiger partial charge in [-0.2, -0.15) is 0 Å². The van der Waals surface area contributed by atoms with Crippen molar-refractivity contribution in [2.24, 2.45) is 0 Å². The molecule has 1 saturated heterocycles. The van der Waals surface area contributed by atoms with Gasteiger partial charge in [-0.1, -0.05) is 0 Å². The van der Waals surface area contributed by atoms with E-state index in [1.54, 1.807) is 11.9 Å². The summed E-state index contributed by atoms with van der Waals surface area (Å²) in [7, 11) is 3.08. The summed E-state index contributed by atoms with van der Waals surface area (Å²) in [5.41, 5.74) is 0. The van der Waals surface area contributed by atoms with Crippen LogP contribution in [0.25, 0.3) is 0 Å². The number of hydrogen-bond donors (Lipinski definition) is 1. The number of rotatable bonds is 1. The molecular formula is C7H13NO3. The first-order valence-corrected chi connectivity index (χ1v) is 3.64. The minimum absolute atomic E-state index is 0.255. The number of aliphatic hydroxyl groups is 1. The van der Waals surface area contributed by atoms with Gasteiger partial charge in [-0.3, -0.25) is 9.69 Å². The van der Waals surface area contributed by atoms with Crippen LogP contribution in [0.2, 0.25) is 0 Å². The molecule has 0 radical (unpaired) electrons. The molecule has 1 unspecified atom stereocenters. The standard InChI is InChI=1S/C7H13NO3/c1-8-5(7(10)11-2)3-4-6(8)9/h5-6,9H,3-4H2,1-2H3/t5-,6?/m1/s1. The Balaban J connectivity index is 2.54. The molecule has 4 nitrogen and oxygen atoms in total. The fourth-order valence-electron chi connectivity index (χ4n) is 1.34. The summed E-state index contributed by atoms with van der Waals surface area (Å²) >= 11 is 0. The van der Waals surface area contributed by atoms with Gasteiger partial charge in [-0.15, -0.1) is 0 Å². The second-order valence-corrected chi connectivity index (χ2v) is 2.76. The maximum atomic E-state index is 11.0. The van der Waals surface area contributed by atoms with E-state index >= 15 is 0 Å². The molecule has 1 fully saturated rings. The van der Waals surface area contributed by atoms with Crippen LogP contribution in [-0.2, 0) is 9.53 Å². The molecule has 1 heterocycles. The lowest BCUT2D eigenvalue weighted by molar-refractivity contribution is -0.147. The zero-order valence-electron chi connectivity index (χ0n) is 6.78. The smallest absolute Gasteiger partial charge is 0.323 e. The molecule has 0 aromatic rings. The SMILES string of the molecule is COC(=O)[C@H]1CCC(O)N1C. The summed E-state index contributed by atoms with van der Waals surface area (Å²) < 4.78 is 4.56. The van der Waals surface area contributed by atoms with Crippen LogP contribution in [0.4, 0.5) is 0 Å². The fraction of sp³-hybridized carbons (Fsp3) is 0.857. The van der Waals surface area contributed by atoms with Crippen molar-refractivity contribution in [2.75, 3.05) is 14.2 Å². The van der Waals surface area contributed by atoms with Crippen molar-refractivity contribution in [3.05, 3.63) is 0 Å². The van der Waals surface area contributed by atoms with E-state index in [1.807, 2.05) is 0 Å². The summed E-state index contributed by atoms with van der Waals surface area (Å²) in [6.07, 6.45) is 0.847. The van der Waals surface area contributed by atoms with E-state index in [0.717, 1.165) is 0 Å². The third-order valence-corrected chi connectivity index (χ3v) is 2.13. The molecule has 4 heteroatoms. The van der Waals surface area contributed by atoms with Crippen molar-refractivity contribution in [1.29, 1.82) is 0 Å².